The van der Waals surface area contributed by atoms with Crippen LogP contribution >= 0.6 is 0 Å². The SMILES string of the molecule is COC(=O)C1([C@]2(C#N)O[C@@H](c3ccc4c(N)ncnn34)[C@H](O)[C@@H]2O)CC(C)(C)C1. The van der Waals surface area contributed by atoms with Gasteiger partial charge in [-0.1, -0.05) is 13.8 Å². The fourth-order valence-electron chi connectivity index (χ4n) is 5.10. The van der Waals surface area contributed by atoms with Gasteiger partial charge in [-0.15, -0.1) is 0 Å². The summed E-state index contributed by atoms with van der Waals surface area (Å²) in [4.78, 5) is 16.7. The number of methoxy groups -OCH3 is 1. The average molecular weight is 401 g/mol. The van der Waals surface area contributed by atoms with Gasteiger partial charge >= 0.3 is 5.97 Å². The van der Waals surface area contributed by atoms with E-state index in [2.05, 4.69) is 10.1 Å². The van der Waals surface area contributed by atoms with Crippen LogP contribution in [0.5, 0.6) is 0 Å². The van der Waals surface area contributed by atoms with Crippen molar-refractivity contribution in [3.8, 4) is 6.07 Å². The second-order valence-electron chi connectivity index (χ2n) is 8.61. The zero-order valence-corrected chi connectivity index (χ0v) is 16.4. The van der Waals surface area contributed by atoms with Crippen molar-refractivity contribution in [1.29, 1.82) is 5.26 Å². The Morgan fingerprint density at radius 1 is 1.41 bits per heavy atom. The maximum Gasteiger partial charge on any atom is 0.316 e. The molecule has 0 amide bonds. The van der Waals surface area contributed by atoms with Crippen molar-refractivity contribution in [3.63, 3.8) is 0 Å². The molecule has 2 aromatic rings. The molecule has 1 aliphatic heterocycles. The lowest BCUT2D eigenvalue weighted by molar-refractivity contribution is -0.216. The van der Waals surface area contributed by atoms with Gasteiger partial charge in [-0.25, -0.2) is 9.50 Å². The highest BCUT2D eigenvalue weighted by atomic mass is 16.6. The fourth-order valence-corrected chi connectivity index (χ4v) is 5.10. The zero-order chi connectivity index (χ0) is 21.2. The highest BCUT2D eigenvalue weighted by Crippen LogP contribution is 2.64. The molecule has 1 aliphatic carbocycles. The number of nitrogens with two attached hydrogens (primary N) is 1. The maximum absolute atomic E-state index is 12.8. The van der Waals surface area contributed by atoms with Crippen molar-refractivity contribution in [1.82, 2.24) is 14.6 Å². The normalized spacial score (nSPS) is 32.5. The van der Waals surface area contributed by atoms with Crippen molar-refractivity contribution in [2.75, 3.05) is 12.8 Å². The summed E-state index contributed by atoms with van der Waals surface area (Å²) in [6, 6.07) is 5.29. The van der Waals surface area contributed by atoms with Gasteiger partial charge in [0.15, 0.2) is 11.4 Å². The number of nitrogens with zero attached hydrogens (tertiary/aromatic N) is 4. The minimum absolute atomic E-state index is 0.234. The number of rotatable bonds is 3. The van der Waals surface area contributed by atoms with Crippen LogP contribution in [-0.2, 0) is 14.3 Å². The van der Waals surface area contributed by atoms with E-state index in [0.29, 0.717) is 11.2 Å². The molecule has 10 nitrogen and oxygen atoms in total. The number of aliphatic hydroxyl groups excluding tert-OH is 2. The van der Waals surface area contributed by atoms with Gasteiger partial charge in [-0.05, 0) is 30.4 Å². The van der Waals surface area contributed by atoms with Crippen LogP contribution in [0.1, 0.15) is 38.5 Å². The van der Waals surface area contributed by atoms with E-state index in [9.17, 15) is 20.3 Å². The summed E-state index contributed by atoms with van der Waals surface area (Å²) >= 11 is 0. The van der Waals surface area contributed by atoms with E-state index >= 15 is 0 Å². The third kappa shape index (κ3) is 2.41. The molecule has 4 atom stereocenters. The van der Waals surface area contributed by atoms with E-state index in [1.54, 1.807) is 12.1 Å². The molecule has 10 heteroatoms. The number of hydrogen-bond acceptors (Lipinski definition) is 9. The van der Waals surface area contributed by atoms with Gasteiger partial charge < -0.3 is 25.4 Å². The van der Waals surface area contributed by atoms with Crippen LogP contribution in [0.2, 0.25) is 0 Å². The first-order chi connectivity index (χ1) is 13.6. The quantitative estimate of drug-likeness (QED) is 0.617. The Kier molecular flexibility index (Phi) is 4.13. The number of ether oxygens (including phenoxy) is 2. The lowest BCUT2D eigenvalue weighted by Crippen LogP contribution is -2.66. The Balaban J connectivity index is 1.81. The number of fused-ring (bicyclic) bond motifs is 1. The van der Waals surface area contributed by atoms with Gasteiger partial charge in [0, 0.05) is 0 Å². The monoisotopic (exact) mass is 401 g/mol. The topological polar surface area (TPSA) is 156 Å². The summed E-state index contributed by atoms with van der Waals surface area (Å²) in [6.45, 7) is 3.91. The summed E-state index contributed by atoms with van der Waals surface area (Å²) in [5.41, 5.74) is 3.13. The van der Waals surface area contributed by atoms with Gasteiger partial charge in [0.25, 0.3) is 0 Å². The Morgan fingerprint density at radius 2 is 2.10 bits per heavy atom. The van der Waals surface area contributed by atoms with Gasteiger partial charge in [-0.3, -0.25) is 4.79 Å². The molecule has 2 aliphatic rings. The molecule has 1 saturated carbocycles. The summed E-state index contributed by atoms with van der Waals surface area (Å²) in [6.07, 6.45) is -2.38. The standard InChI is InChI=1S/C19H23N5O5/c1-17(2)6-18(7-17,16(27)28-3)19(8-20)14(26)12(25)13(29-19)10-4-5-11-15(21)22-9-23-24(10)11/h4-5,9,12-14,25-26H,6-7H2,1-3H3,(H2,21,22,23)/t12-,13-,14-,19+/m0/s1. The van der Waals surface area contributed by atoms with Crippen molar-refractivity contribution >= 4 is 17.3 Å². The predicted molar refractivity (Wildman–Crippen MR) is 99.0 cm³/mol. The number of nitriles is 1. The third-order valence-corrected chi connectivity index (χ3v) is 6.18. The lowest BCUT2D eigenvalue weighted by atomic mass is 9.47. The number of esters is 1. The second kappa shape index (κ2) is 6.13. The zero-order valence-electron chi connectivity index (χ0n) is 16.4. The molecule has 0 aromatic carbocycles. The molecule has 0 bridgehead atoms. The van der Waals surface area contributed by atoms with E-state index in [4.69, 9.17) is 15.2 Å². The number of carbonyl (C=O) groups excluding carboxylic acids is 1. The molecule has 0 unspecified atom stereocenters. The van der Waals surface area contributed by atoms with Crippen LogP contribution in [-0.4, -0.2) is 55.7 Å². The molecule has 0 radical (unpaired) electrons. The highest BCUT2D eigenvalue weighted by molar-refractivity contribution is 5.81. The molecule has 2 aromatic heterocycles. The van der Waals surface area contributed by atoms with E-state index in [1.165, 1.54) is 18.0 Å². The molecule has 1 saturated heterocycles. The van der Waals surface area contributed by atoms with Crippen LogP contribution in [0.25, 0.3) is 5.52 Å². The minimum atomic E-state index is -1.97. The maximum atomic E-state index is 12.8. The molecular weight excluding hydrogens is 378 g/mol. The third-order valence-electron chi connectivity index (χ3n) is 6.18. The van der Waals surface area contributed by atoms with Crippen LogP contribution in [0, 0.1) is 22.2 Å². The summed E-state index contributed by atoms with van der Waals surface area (Å²) in [7, 11) is 1.23. The van der Waals surface area contributed by atoms with Crippen LogP contribution in [0.15, 0.2) is 18.5 Å². The molecule has 154 valence electrons. The molecule has 29 heavy (non-hydrogen) atoms. The number of anilines is 1. The smallest absolute Gasteiger partial charge is 0.316 e. The number of aromatic nitrogens is 3. The van der Waals surface area contributed by atoms with Crippen molar-refractivity contribution in [3.05, 3.63) is 24.2 Å². The summed E-state index contributed by atoms with van der Waals surface area (Å²) in [5.74, 6) is -0.408. The Morgan fingerprint density at radius 3 is 2.69 bits per heavy atom. The highest BCUT2D eigenvalue weighted by Gasteiger charge is 2.75. The summed E-state index contributed by atoms with van der Waals surface area (Å²) in [5, 5.41) is 36.0. The Labute approximate surface area is 166 Å². The average Bonchev–Trinajstić information content (AvgIpc) is 3.20. The Hall–Kier alpha value is -2.74. The van der Waals surface area contributed by atoms with Crippen molar-refractivity contribution in [2.45, 2.75) is 50.6 Å². The molecular formula is C19H23N5O5. The predicted octanol–water partition coefficient (Wildman–Crippen LogP) is 0.346. The number of hydrogen-bond donors (Lipinski definition) is 3. The molecule has 2 fully saturated rings. The van der Waals surface area contributed by atoms with E-state index in [1.807, 2.05) is 19.9 Å². The first-order valence-corrected chi connectivity index (χ1v) is 9.24. The van der Waals surface area contributed by atoms with Crippen LogP contribution in [0.3, 0.4) is 0 Å². The number of nitrogen functional groups attached to an aromatic ring is 1. The minimum Gasteiger partial charge on any atom is -0.468 e. The number of aliphatic hydroxyl groups is 2. The van der Waals surface area contributed by atoms with Gasteiger partial charge in [-0.2, -0.15) is 10.4 Å². The van der Waals surface area contributed by atoms with Gasteiger partial charge in [0.1, 0.15) is 41.6 Å². The van der Waals surface area contributed by atoms with Crippen molar-refractivity contribution in [2.24, 2.45) is 10.8 Å². The van der Waals surface area contributed by atoms with Crippen LogP contribution in [0.4, 0.5) is 5.82 Å². The first kappa shape index (κ1) is 19.6. The van der Waals surface area contributed by atoms with E-state index < -0.39 is 35.3 Å². The van der Waals surface area contributed by atoms with Crippen LogP contribution < -0.4 is 5.73 Å². The van der Waals surface area contributed by atoms with Gasteiger partial charge in [0.2, 0.25) is 0 Å². The lowest BCUT2D eigenvalue weighted by Gasteiger charge is -2.56. The van der Waals surface area contributed by atoms with Crippen molar-refractivity contribution < 1.29 is 24.5 Å². The molecule has 4 rings (SSSR count). The Bertz CT molecular complexity index is 1020. The summed E-state index contributed by atoms with van der Waals surface area (Å²) < 4.78 is 12.5. The van der Waals surface area contributed by atoms with E-state index in [0.717, 1.165) is 0 Å². The molecule has 0 spiro atoms. The first-order valence-electron chi connectivity index (χ1n) is 9.24. The second-order valence-corrected chi connectivity index (χ2v) is 8.61. The largest absolute Gasteiger partial charge is 0.468 e. The van der Waals surface area contributed by atoms with Gasteiger partial charge in [0.05, 0.1) is 12.8 Å². The molecule has 3 heterocycles. The van der Waals surface area contributed by atoms with E-state index in [-0.39, 0.29) is 24.1 Å². The number of carbonyl (C=O) groups is 1. The molecule has 4 N–H and O–H groups in total. The fraction of sp³-hybridized carbons (Fsp3) is 0.579.